The maximum Gasteiger partial charge on any atom is 0.178 e. The van der Waals surface area contributed by atoms with E-state index in [1.165, 1.54) is 6.07 Å². The zero-order valence-corrected chi connectivity index (χ0v) is 7.39. The standard InChI is InChI=1S/C7H8ClFS/c1-4(2)7-5(8)3-6(9)10-7/h3-4H,1-2H3. The lowest BCUT2D eigenvalue weighted by atomic mass is 10.2. The molecule has 0 aliphatic rings. The van der Waals surface area contributed by atoms with E-state index in [1.807, 2.05) is 13.8 Å². The van der Waals surface area contributed by atoms with Gasteiger partial charge in [-0.1, -0.05) is 25.4 Å². The van der Waals surface area contributed by atoms with Gasteiger partial charge in [0.05, 0.1) is 5.02 Å². The Hall–Kier alpha value is -0.0800. The van der Waals surface area contributed by atoms with Gasteiger partial charge in [0, 0.05) is 10.9 Å². The second-order valence-electron chi connectivity index (χ2n) is 2.42. The Morgan fingerprint density at radius 2 is 2.20 bits per heavy atom. The van der Waals surface area contributed by atoms with Gasteiger partial charge in [0.15, 0.2) is 5.13 Å². The van der Waals surface area contributed by atoms with Gasteiger partial charge in [-0.25, -0.2) is 0 Å². The van der Waals surface area contributed by atoms with Crippen molar-refractivity contribution in [2.24, 2.45) is 0 Å². The minimum Gasteiger partial charge on any atom is -0.195 e. The number of rotatable bonds is 1. The summed E-state index contributed by atoms with van der Waals surface area (Å²) in [5, 5.41) is 0.353. The first-order valence-electron chi connectivity index (χ1n) is 3.06. The fourth-order valence-corrected chi connectivity index (χ4v) is 2.02. The molecule has 0 amide bonds. The Morgan fingerprint density at radius 3 is 2.40 bits per heavy atom. The van der Waals surface area contributed by atoms with Crippen LogP contribution in [0.3, 0.4) is 0 Å². The second kappa shape index (κ2) is 2.89. The maximum absolute atomic E-state index is 12.5. The van der Waals surface area contributed by atoms with E-state index in [0.717, 1.165) is 16.2 Å². The van der Waals surface area contributed by atoms with Crippen LogP contribution in [0.25, 0.3) is 0 Å². The smallest absolute Gasteiger partial charge is 0.178 e. The predicted molar refractivity (Wildman–Crippen MR) is 43.4 cm³/mol. The van der Waals surface area contributed by atoms with E-state index >= 15 is 0 Å². The predicted octanol–water partition coefficient (Wildman–Crippen LogP) is 3.66. The number of hydrogen-bond acceptors (Lipinski definition) is 1. The average molecular weight is 179 g/mol. The molecule has 0 nitrogen and oxygen atoms in total. The van der Waals surface area contributed by atoms with E-state index in [1.54, 1.807) is 0 Å². The van der Waals surface area contributed by atoms with Crippen LogP contribution in [-0.4, -0.2) is 0 Å². The SMILES string of the molecule is CC(C)c1sc(F)cc1Cl. The zero-order chi connectivity index (χ0) is 7.72. The molecule has 0 atom stereocenters. The van der Waals surface area contributed by atoms with Crippen LogP contribution in [0.15, 0.2) is 6.07 Å². The van der Waals surface area contributed by atoms with E-state index < -0.39 is 0 Å². The molecule has 0 aromatic carbocycles. The van der Waals surface area contributed by atoms with Crippen molar-refractivity contribution in [1.29, 1.82) is 0 Å². The van der Waals surface area contributed by atoms with Crippen LogP contribution in [0.1, 0.15) is 24.6 Å². The van der Waals surface area contributed by atoms with Crippen molar-refractivity contribution in [3.8, 4) is 0 Å². The topological polar surface area (TPSA) is 0 Å². The molecule has 0 unspecified atom stereocenters. The Balaban J connectivity index is 3.03. The van der Waals surface area contributed by atoms with Crippen LogP contribution >= 0.6 is 22.9 Å². The molecule has 10 heavy (non-hydrogen) atoms. The van der Waals surface area contributed by atoms with Gasteiger partial charge in [0.1, 0.15) is 0 Å². The highest BCUT2D eigenvalue weighted by Gasteiger charge is 2.09. The van der Waals surface area contributed by atoms with Gasteiger partial charge < -0.3 is 0 Å². The number of halogens is 2. The fraction of sp³-hybridized carbons (Fsp3) is 0.429. The molecular formula is C7H8ClFS. The minimum absolute atomic E-state index is 0.200. The van der Waals surface area contributed by atoms with Crippen LogP contribution in [0, 0.1) is 5.13 Å². The molecular weight excluding hydrogens is 171 g/mol. The summed E-state index contributed by atoms with van der Waals surface area (Å²) in [6.07, 6.45) is 0. The first-order valence-corrected chi connectivity index (χ1v) is 4.25. The summed E-state index contributed by atoms with van der Waals surface area (Å²) in [5.41, 5.74) is 0. The summed E-state index contributed by atoms with van der Waals surface area (Å²) in [6.45, 7) is 3.99. The minimum atomic E-state index is -0.200. The molecule has 0 radical (unpaired) electrons. The molecule has 1 heterocycles. The average Bonchev–Trinajstić information content (AvgIpc) is 2.10. The highest BCUT2D eigenvalue weighted by molar-refractivity contribution is 7.11. The quantitative estimate of drug-likeness (QED) is 0.616. The summed E-state index contributed by atoms with van der Waals surface area (Å²) in [5.74, 6) is 0.321. The molecule has 0 saturated carbocycles. The molecule has 0 aliphatic carbocycles. The van der Waals surface area contributed by atoms with Gasteiger partial charge >= 0.3 is 0 Å². The van der Waals surface area contributed by atoms with Crippen molar-refractivity contribution in [2.45, 2.75) is 19.8 Å². The van der Waals surface area contributed by atoms with E-state index in [0.29, 0.717) is 10.9 Å². The molecule has 0 fully saturated rings. The third-order valence-electron chi connectivity index (χ3n) is 1.21. The largest absolute Gasteiger partial charge is 0.195 e. The summed E-state index contributed by atoms with van der Waals surface area (Å²) in [7, 11) is 0. The van der Waals surface area contributed by atoms with Crippen molar-refractivity contribution < 1.29 is 4.39 Å². The molecule has 1 rings (SSSR count). The number of hydrogen-bond donors (Lipinski definition) is 0. The van der Waals surface area contributed by atoms with Crippen molar-refractivity contribution in [1.82, 2.24) is 0 Å². The van der Waals surface area contributed by atoms with Gasteiger partial charge in [0.2, 0.25) is 0 Å². The third kappa shape index (κ3) is 1.50. The molecule has 0 saturated heterocycles. The van der Waals surface area contributed by atoms with Gasteiger partial charge in [0.25, 0.3) is 0 Å². The lowest BCUT2D eigenvalue weighted by molar-refractivity contribution is 0.657. The molecule has 56 valence electrons. The molecule has 1 aromatic rings. The maximum atomic E-state index is 12.5. The first kappa shape index (κ1) is 8.02. The Bertz CT molecular complexity index is 230. The normalized spacial score (nSPS) is 10.9. The summed E-state index contributed by atoms with van der Waals surface area (Å²) < 4.78 is 12.5. The Labute approximate surface area is 68.6 Å². The van der Waals surface area contributed by atoms with E-state index in [4.69, 9.17) is 11.6 Å². The molecule has 0 N–H and O–H groups in total. The summed E-state index contributed by atoms with van der Waals surface area (Å²) in [4.78, 5) is 0.930. The van der Waals surface area contributed by atoms with Crippen molar-refractivity contribution in [3.63, 3.8) is 0 Å². The monoisotopic (exact) mass is 178 g/mol. The molecule has 3 heteroatoms. The zero-order valence-electron chi connectivity index (χ0n) is 5.82. The number of thiophene rings is 1. The van der Waals surface area contributed by atoms with Crippen molar-refractivity contribution in [2.75, 3.05) is 0 Å². The highest BCUT2D eigenvalue weighted by atomic mass is 35.5. The molecule has 1 aromatic heterocycles. The van der Waals surface area contributed by atoms with Crippen LogP contribution in [0.4, 0.5) is 4.39 Å². The Morgan fingerprint density at radius 1 is 1.60 bits per heavy atom. The van der Waals surface area contributed by atoms with Crippen LogP contribution in [0.2, 0.25) is 5.02 Å². The van der Waals surface area contributed by atoms with Crippen LogP contribution in [-0.2, 0) is 0 Å². The molecule has 0 spiro atoms. The van der Waals surface area contributed by atoms with E-state index in [9.17, 15) is 4.39 Å². The van der Waals surface area contributed by atoms with Crippen molar-refractivity contribution >= 4 is 22.9 Å². The molecule has 0 aliphatic heterocycles. The Kier molecular flexibility index (Phi) is 2.32. The van der Waals surface area contributed by atoms with Crippen LogP contribution in [0.5, 0.6) is 0 Å². The third-order valence-corrected chi connectivity index (χ3v) is 2.86. The van der Waals surface area contributed by atoms with Gasteiger partial charge in [-0.2, -0.15) is 4.39 Å². The first-order chi connectivity index (χ1) is 4.61. The summed E-state index contributed by atoms with van der Waals surface area (Å²) in [6, 6.07) is 1.36. The van der Waals surface area contributed by atoms with Crippen molar-refractivity contribution in [3.05, 3.63) is 21.1 Å². The molecule has 0 bridgehead atoms. The van der Waals surface area contributed by atoms with Gasteiger partial charge in [-0.05, 0) is 5.92 Å². The van der Waals surface area contributed by atoms with E-state index in [-0.39, 0.29) is 5.13 Å². The van der Waals surface area contributed by atoms with Crippen LogP contribution < -0.4 is 0 Å². The highest BCUT2D eigenvalue weighted by Crippen LogP contribution is 2.31. The lowest BCUT2D eigenvalue weighted by Gasteiger charge is -1.98. The lowest BCUT2D eigenvalue weighted by Crippen LogP contribution is -1.79. The van der Waals surface area contributed by atoms with E-state index in [2.05, 4.69) is 0 Å². The fourth-order valence-electron chi connectivity index (χ4n) is 0.748. The van der Waals surface area contributed by atoms with Gasteiger partial charge in [-0.15, -0.1) is 11.3 Å². The second-order valence-corrected chi connectivity index (χ2v) is 3.86. The summed E-state index contributed by atoms with van der Waals surface area (Å²) >= 11 is 6.83. The van der Waals surface area contributed by atoms with Gasteiger partial charge in [-0.3, -0.25) is 0 Å².